The number of imide groups is 6. The molecule has 0 fully saturated rings. The standard InChI is InChI=1S/C24Br8Cl4N2O6/c25-7-1-2(8(26)12(30)11(7)29)20(40)37(19(1)39)23(43)5-15(33)17(35)6(18(36)16(5)34)24(44)38-21(41)3-4(22(38)42)10(28)14(32)13(31)9(3)27. The molecule has 0 saturated heterocycles. The average molecular weight is 1190 g/mol. The first kappa shape index (κ1) is 35.6. The van der Waals surface area contributed by atoms with Gasteiger partial charge in [0, 0.05) is 35.8 Å². The molecule has 0 unspecified atom stereocenters. The molecule has 5 rings (SSSR count). The van der Waals surface area contributed by atoms with E-state index in [1.54, 1.807) is 0 Å². The van der Waals surface area contributed by atoms with Crippen molar-refractivity contribution < 1.29 is 28.8 Å². The van der Waals surface area contributed by atoms with E-state index >= 15 is 0 Å². The van der Waals surface area contributed by atoms with Gasteiger partial charge < -0.3 is 0 Å². The smallest absolute Gasteiger partial charge is 0.268 e. The van der Waals surface area contributed by atoms with Crippen molar-refractivity contribution in [3.05, 3.63) is 89.3 Å². The van der Waals surface area contributed by atoms with Gasteiger partial charge in [-0.25, -0.2) is 9.80 Å². The van der Waals surface area contributed by atoms with Crippen LogP contribution in [0, 0.1) is 0 Å². The number of rotatable bonds is 2. The molecule has 20 heteroatoms. The molecule has 2 aliphatic heterocycles. The van der Waals surface area contributed by atoms with E-state index in [2.05, 4.69) is 127 Å². The van der Waals surface area contributed by atoms with E-state index in [1.807, 2.05) is 0 Å². The molecule has 2 heterocycles. The summed E-state index contributed by atoms with van der Waals surface area (Å²) in [6.07, 6.45) is 0. The molecule has 0 radical (unpaired) electrons. The van der Waals surface area contributed by atoms with Gasteiger partial charge in [-0.15, -0.1) is 0 Å². The zero-order valence-corrected chi connectivity index (χ0v) is 35.6. The Labute approximate surface area is 332 Å². The Balaban J connectivity index is 1.61. The first-order valence-electron chi connectivity index (χ1n) is 10.8. The lowest BCUT2D eigenvalue weighted by atomic mass is 10.1. The number of carbonyl (C=O) groups excluding carboxylic acids is 6. The Kier molecular flexibility index (Phi) is 10.2. The minimum Gasteiger partial charge on any atom is -0.268 e. The summed E-state index contributed by atoms with van der Waals surface area (Å²) in [5, 5.41) is -2.68. The summed E-state index contributed by atoms with van der Waals surface area (Å²) in [7, 11) is 0. The number of benzene rings is 3. The van der Waals surface area contributed by atoms with Gasteiger partial charge in [0.25, 0.3) is 35.4 Å². The number of hydrogen-bond acceptors (Lipinski definition) is 6. The zero-order chi connectivity index (χ0) is 33.0. The lowest BCUT2D eigenvalue weighted by molar-refractivity contribution is 0.0540. The van der Waals surface area contributed by atoms with Crippen molar-refractivity contribution in [1.82, 2.24) is 9.80 Å². The molecule has 3 aromatic carbocycles. The normalized spacial score (nSPS) is 14.2. The molecule has 0 saturated carbocycles. The summed E-state index contributed by atoms with van der Waals surface area (Å²) in [5.74, 6) is -6.68. The second-order valence-corrected chi connectivity index (χ2v) is 16.4. The predicted octanol–water partition coefficient (Wildman–Crippen LogP) is 11.3. The molecule has 44 heavy (non-hydrogen) atoms. The summed E-state index contributed by atoms with van der Waals surface area (Å²) in [6, 6.07) is 0. The van der Waals surface area contributed by atoms with Gasteiger partial charge in [0.05, 0.1) is 53.5 Å². The minimum absolute atomic E-state index is 0.136. The van der Waals surface area contributed by atoms with E-state index in [-0.39, 0.29) is 49.9 Å². The number of halogens is 12. The summed E-state index contributed by atoms with van der Waals surface area (Å²) in [5.41, 5.74) is -1.91. The number of fused-ring (bicyclic) bond motifs is 2. The second kappa shape index (κ2) is 12.6. The van der Waals surface area contributed by atoms with Crippen LogP contribution >= 0.6 is 174 Å². The maximum atomic E-state index is 13.7. The minimum atomic E-state index is -1.30. The lowest BCUT2D eigenvalue weighted by Crippen LogP contribution is -2.38. The SMILES string of the molecule is O=C(c1c(Cl)c(Cl)c(C(=O)N2C(=O)c3c(Br)c(Br)c(Br)c(Br)c3C2=O)c(Cl)c1Cl)N1C(=O)c2c(Br)c(Br)c(Br)c(Br)c2C1=O. The van der Waals surface area contributed by atoms with Crippen molar-refractivity contribution in [2.24, 2.45) is 0 Å². The van der Waals surface area contributed by atoms with Crippen LogP contribution in [0.15, 0.2) is 35.8 Å². The van der Waals surface area contributed by atoms with Crippen molar-refractivity contribution in [3.63, 3.8) is 0 Å². The second-order valence-electron chi connectivity index (χ2n) is 8.52. The largest absolute Gasteiger partial charge is 0.271 e. The lowest BCUT2D eigenvalue weighted by Gasteiger charge is -2.19. The summed E-state index contributed by atoms with van der Waals surface area (Å²) < 4.78 is 2.27. The number of amides is 6. The number of carbonyl (C=O) groups is 6. The Morgan fingerprint density at radius 3 is 0.750 bits per heavy atom. The van der Waals surface area contributed by atoms with Gasteiger partial charge in [0.1, 0.15) is 0 Å². The fraction of sp³-hybridized carbons (Fsp3) is 0. The third-order valence-corrected chi connectivity index (χ3v) is 17.5. The average Bonchev–Trinajstić information content (AvgIpc) is 3.39. The Morgan fingerprint density at radius 1 is 0.386 bits per heavy atom. The van der Waals surface area contributed by atoms with Crippen molar-refractivity contribution in [1.29, 1.82) is 0 Å². The van der Waals surface area contributed by atoms with Gasteiger partial charge in [-0.1, -0.05) is 46.4 Å². The highest BCUT2D eigenvalue weighted by Gasteiger charge is 2.48. The predicted molar refractivity (Wildman–Crippen MR) is 191 cm³/mol. The third kappa shape index (κ3) is 4.98. The van der Waals surface area contributed by atoms with E-state index in [0.29, 0.717) is 17.9 Å². The van der Waals surface area contributed by atoms with Crippen LogP contribution < -0.4 is 0 Å². The van der Waals surface area contributed by atoms with Crippen LogP contribution in [0.2, 0.25) is 20.1 Å². The fourth-order valence-corrected chi connectivity index (χ4v) is 10.4. The molecule has 0 spiro atoms. The molecule has 2 aliphatic rings. The monoisotopic (exact) mass is 1180 g/mol. The Morgan fingerprint density at radius 2 is 0.568 bits per heavy atom. The first-order chi connectivity index (χ1) is 20.4. The summed E-state index contributed by atoms with van der Waals surface area (Å²) >= 11 is 51.9. The first-order valence-corrected chi connectivity index (χ1v) is 18.7. The van der Waals surface area contributed by atoms with Crippen LogP contribution in [0.4, 0.5) is 0 Å². The van der Waals surface area contributed by atoms with Gasteiger partial charge in [0.2, 0.25) is 0 Å². The van der Waals surface area contributed by atoms with E-state index in [1.165, 1.54) is 0 Å². The van der Waals surface area contributed by atoms with Gasteiger partial charge in [0.15, 0.2) is 0 Å². The van der Waals surface area contributed by atoms with Crippen molar-refractivity contribution in [2.75, 3.05) is 0 Å². The summed E-state index contributed by atoms with van der Waals surface area (Å²) in [6.45, 7) is 0. The quantitative estimate of drug-likeness (QED) is 0.144. The van der Waals surface area contributed by atoms with Crippen LogP contribution in [0.1, 0.15) is 62.1 Å². The van der Waals surface area contributed by atoms with Gasteiger partial charge in [-0.3, -0.25) is 28.8 Å². The van der Waals surface area contributed by atoms with Crippen molar-refractivity contribution in [3.8, 4) is 0 Å². The highest BCUT2D eigenvalue weighted by molar-refractivity contribution is 9.15. The molecule has 0 bridgehead atoms. The fourth-order valence-electron chi connectivity index (χ4n) is 4.30. The molecular weight excluding hydrogens is 1190 g/mol. The van der Waals surface area contributed by atoms with E-state index in [4.69, 9.17) is 46.4 Å². The molecule has 0 aromatic heterocycles. The highest BCUT2D eigenvalue weighted by atomic mass is 79.9. The summed E-state index contributed by atoms with van der Waals surface area (Å²) in [4.78, 5) is 81.5. The molecule has 3 aromatic rings. The van der Waals surface area contributed by atoms with Crippen LogP contribution in [0.5, 0.6) is 0 Å². The van der Waals surface area contributed by atoms with Gasteiger partial charge >= 0.3 is 0 Å². The van der Waals surface area contributed by atoms with Crippen molar-refractivity contribution in [2.45, 2.75) is 0 Å². The maximum absolute atomic E-state index is 13.7. The molecular formula is C24Br8Cl4N2O6. The Hall–Kier alpha value is 0.280. The van der Waals surface area contributed by atoms with E-state index in [9.17, 15) is 28.8 Å². The molecule has 0 aliphatic carbocycles. The highest BCUT2D eigenvalue weighted by Crippen LogP contribution is 2.49. The van der Waals surface area contributed by atoms with Crippen molar-refractivity contribution >= 4 is 209 Å². The number of nitrogens with zero attached hydrogens (tertiary/aromatic N) is 2. The van der Waals surface area contributed by atoms with E-state index in [0.717, 1.165) is 0 Å². The third-order valence-electron chi connectivity index (χ3n) is 6.30. The van der Waals surface area contributed by atoms with Crippen LogP contribution in [-0.4, -0.2) is 45.2 Å². The molecule has 8 nitrogen and oxygen atoms in total. The molecule has 6 amide bonds. The van der Waals surface area contributed by atoms with E-state index < -0.39 is 66.7 Å². The maximum Gasteiger partial charge on any atom is 0.271 e. The molecule has 0 N–H and O–H groups in total. The zero-order valence-electron chi connectivity index (χ0n) is 19.9. The topological polar surface area (TPSA) is 109 Å². The molecule has 0 atom stereocenters. The van der Waals surface area contributed by atoms with Gasteiger partial charge in [-0.2, -0.15) is 0 Å². The van der Waals surface area contributed by atoms with Crippen LogP contribution in [-0.2, 0) is 0 Å². The number of hydrogen-bond donors (Lipinski definition) is 0. The molecule has 226 valence electrons. The van der Waals surface area contributed by atoms with Crippen LogP contribution in [0.3, 0.4) is 0 Å². The Bertz CT molecular complexity index is 1770. The van der Waals surface area contributed by atoms with Gasteiger partial charge in [-0.05, 0) is 127 Å². The van der Waals surface area contributed by atoms with Crippen LogP contribution in [0.25, 0.3) is 0 Å².